The van der Waals surface area contributed by atoms with Gasteiger partial charge in [-0.05, 0) is 32.0 Å². The molecule has 0 radical (unpaired) electrons. The number of benzene rings is 1. The Morgan fingerprint density at radius 3 is 2.68 bits per heavy atom. The minimum atomic E-state index is -0.218. The van der Waals surface area contributed by atoms with Crippen molar-refractivity contribution in [2.24, 2.45) is 0 Å². The number of ether oxygens (including phenoxy) is 1. The molecule has 1 aromatic carbocycles. The zero-order valence-corrected chi connectivity index (χ0v) is 11.6. The average molecular weight is 280 g/mol. The minimum absolute atomic E-state index is 0.218. The van der Waals surface area contributed by atoms with Gasteiger partial charge in [0.15, 0.2) is 0 Å². The van der Waals surface area contributed by atoms with E-state index in [0.717, 1.165) is 5.69 Å². The fourth-order valence-electron chi connectivity index (χ4n) is 1.82. The molecule has 2 rings (SSSR count). The number of rotatable bonds is 3. The average Bonchev–Trinajstić information content (AvgIpc) is 2.69. The molecule has 2 N–H and O–H groups in total. The van der Waals surface area contributed by atoms with E-state index in [4.69, 9.17) is 16.3 Å². The summed E-state index contributed by atoms with van der Waals surface area (Å²) < 4.78 is 5.06. The highest BCUT2D eigenvalue weighted by Gasteiger charge is 2.15. The van der Waals surface area contributed by atoms with Gasteiger partial charge in [0, 0.05) is 11.4 Å². The topological polar surface area (TPSA) is 67.0 Å². The van der Waals surface area contributed by atoms with E-state index in [1.165, 1.54) is 7.11 Å². The van der Waals surface area contributed by atoms with Gasteiger partial charge in [-0.2, -0.15) is 5.10 Å². The fraction of sp³-hybridized carbons (Fsp3) is 0.231. The van der Waals surface area contributed by atoms with Crippen LogP contribution in [0.5, 0.6) is 5.75 Å². The van der Waals surface area contributed by atoms with E-state index in [2.05, 4.69) is 15.5 Å². The van der Waals surface area contributed by atoms with Crippen LogP contribution < -0.4 is 10.1 Å². The number of aromatic nitrogens is 2. The van der Waals surface area contributed by atoms with Crippen molar-refractivity contribution in [1.29, 1.82) is 0 Å². The molecule has 0 bridgehead atoms. The number of anilines is 1. The number of halogens is 1. The molecule has 100 valence electrons. The van der Waals surface area contributed by atoms with Crippen LogP contribution in [0.3, 0.4) is 0 Å². The SMILES string of the molecule is COc1ccc(NC(=O)c2c(C)n[nH]c2C)cc1Cl. The van der Waals surface area contributed by atoms with Crippen molar-refractivity contribution in [2.75, 3.05) is 12.4 Å². The highest BCUT2D eigenvalue weighted by molar-refractivity contribution is 6.32. The highest BCUT2D eigenvalue weighted by atomic mass is 35.5. The Hall–Kier alpha value is -2.01. The Balaban J connectivity index is 2.22. The molecule has 1 amide bonds. The molecule has 19 heavy (non-hydrogen) atoms. The number of hydrogen-bond acceptors (Lipinski definition) is 3. The van der Waals surface area contributed by atoms with Crippen molar-refractivity contribution in [2.45, 2.75) is 13.8 Å². The number of aryl methyl sites for hydroxylation is 2. The summed E-state index contributed by atoms with van der Waals surface area (Å²) in [6, 6.07) is 5.07. The van der Waals surface area contributed by atoms with Crippen LogP contribution in [0.4, 0.5) is 5.69 Å². The predicted molar refractivity (Wildman–Crippen MR) is 74.0 cm³/mol. The Morgan fingerprint density at radius 2 is 2.16 bits per heavy atom. The second-order valence-corrected chi connectivity index (χ2v) is 4.52. The highest BCUT2D eigenvalue weighted by Crippen LogP contribution is 2.27. The maximum absolute atomic E-state index is 12.1. The first-order valence-corrected chi connectivity index (χ1v) is 6.07. The molecule has 0 atom stereocenters. The van der Waals surface area contributed by atoms with Crippen molar-refractivity contribution < 1.29 is 9.53 Å². The number of H-pyrrole nitrogens is 1. The van der Waals surface area contributed by atoms with Crippen LogP contribution in [0.2, 0.25) is 5.02 Å². The van der Waals surface area contributed by atoms with Gasteiger partial charge in [0.1, 0.15) is 5.75 Å². The van der Waals surface area contributed by atoms with E-state index >= 15 is 0 Å². The van der Waals surface area contributed by atoms with Crippen LogP contribution >= 0.6 is 11.6 Å². The van der Waals surface area contributed by atoms with Gasteiger partial charge < -0.3 is 10.1 Å². The summed E-state index contributed by atoms with van der Waals surface area (Å²) in [4.78, 5) is 12.1. The lowest BCUT2D eigenvalue weighted by atomic mass is 10.2. The smallest absolute Gasteiger partial charge is 0.259 e. The Kier molecular flexibility index (Phi) is 3.76. The lowest BCUT2D eigenvalue weighted by Crippen LogP contribution is -2.13. The molecule has 0 aliphatic rings. The standard InChI is InChI=1S/C13H14ClN3O2/c1-7-12(8(2)17-16-7)13(18)15-9-4-5-11(19-3)10(14)6-9/h4-6H,1-3H3,(H,15,18)(H,16,17). The van der Waals surface area contributed by atoms with Gasteiger partial charge >= 0.3 is 0 Å². The molecule has 0 fully saturated rings. The molecule has 0 saturated carbocycles. The molecule has 1 aromatic heterocycles. The molecule has 2 aromatic rings. The monoisotopic (exact) mass is 279 g/mol. The minimum Gasteiger partial charge on any atom is -0.495 e. The van der Waals surface area contributed by atoms with Gasteiger partial charge in [-0.25, -0.2) is 0 Å². The number of nitrogens with one attached hydrogen (secondary N) is 2. The van der Waals surface area contributed by atoms with Crippen LogP contribution in [-0.4, -0.2) is 23.2 Å². The first kappa shape index (κ1) is 13.4. The molecule has 0 saturated heterocycles. The van der Waals surface area contributed by atoms with E-state index in [0.29, 0.717) is 27.7 Å². The number of methoxy groups -OCH3 is 1. The first-order valence-electron chi connectivity index (χ1n) is 5.69. The second kappa shape index (κ2) is 5.32. The summed E-state index contributed by atoms with van der Waals surface area (Å²) in [6.45, 7) is 3.58. The number of hydrogen-bond donors (Lipinski definition) is 2. The molecule has 0 aliphatic heterocycles. The van der Waals surface area contributed by atoms with Gasteiger partial charge in [0.2, 0.25) is 0 Å². The number of aromatic amines is 1. The third-order valence-corrected chi connectivity index (χ3v) is 3.06. The number of amides is 1. The lowest BCUT2D eigenvalue weighted by Gasteiger charge is -2.08. The summed E-state index contributed by atoms with van der Waals surface area (Å²) in [7, 11) is 1.54. The quantitative estimate of drug-likeness (QED) is 0.908. The van der Waals surface area contributed by atoms with Gasteiger partial charge in [0.25, 0.3) is 5.91 Å². The molecular formula is C13H14ClN3O2. The first-order chi connectivity index (χ1) is 9.02. The van der Waals surface area contributed by atoms with E-state index in [-0.39, 0.29) is 5.91 Å². The van der Waals surface area contributed by atoms with E-state index in [9.17, 15) is 4.79 Å². The van der Waals surface area contributed by atoms with Crippen molar-refractivity contribution >= 4 is 23.2 Å². The van der Waals surface area contributed by atoms with E-state index in [1.54, 1.807) is 32.0 Å². The van der Waals surface area contributed by atoms with Crippen LogP contribution in [0, 0.1) is 13.8 Å². The Morgan fingerprint density at radius 1 is 1.42 bits per heavy atom. The molecule has 1 heterocycles. The summed E-state index contributed by atoms with van der Waals surface area (Å²) in [5.74, 6) is 0.348. The number of nitrogens with zero attached hydrogens (tertiary/aromatic N) is 1. The second-order valence-electron chi connectivity index (χ2n) is 4.11. The largest absolute Gasteiger partial charge is 0.495 e. The van der Waals surface area contributed by atoms with Crippen LogP contribution in [0.15, 0.2) is 18.2 Å². The zero-order valence-electron chi connectivity index (χ0n) is 10.9. The maximum Gasteiger partial charge on any atom is 0.259 e. The van der Waals surface area contributed by atoms with Crippen molar-refractivity contribution in [3.63, 3.8) is 0 Å². The Bertz CT molecular complexity index is 603. The van der Waals surface area contributed by atoms with Gasteiger partial charge in [0.05, 0.1) is 23.4 Å². The maximum atomic E-state index is 12.1. The van der Waals surface area contributed by atoms with Crippen LogP contribution in [-0.2, 0) is 0 Å². The molecule has 0 unspecified atom stereocenters. The van der Waals surface area contributed by atoms with Crippen molar-refractivity contribution in [1.82, 2.24) is 10.2 Å². The summed E-state index contributed by atoms with van der Waals surface area (Å²) >= 11 is 6.01. The third kappa shape index (κ3) is 2.71. The molecular weight excluding hydrogens is 266 g/mol. The Labute approximate surface area is 115 Å². The van der Waals surface area contributed by atoms with E-state index < -0.39 is 0 Å². The summed E-state index contributed by atoms with van der Waals surface area (Å²) in [5, 5.41) is 9.99. The fourth-order valence-corrected chi connectivity index (χ4v) is 2.08. The molecule has 0 spiro atoms. The molecule has 6 heteroatoms. The van der Waals surface area contributed by atoms with Crippen molar-refractivity contribution in [3.8, 4) is 5.75 Å². The number of carbonyl (C=O) groups is 1. The third-order valence-electron chi connectivity index (χ3n) is 2.76. The van der Waals surface area contributed by atoms with Gasteiger partial charge in [-0.15, -0.1) is 0 Å². The summed E-state index contributed by atoms with van der Waals surface area (Å²) in [6.07, 6.45) is 0. The molecule has 5 nitrogen and oxygen atoms in total. The van der Waals surface area contributed by atoms with Gasteiger partial charge in [-0.3, -0.25) is 9.89 Å². The normalized spacial score (nSPS) is 10.3. The predicted octanol–water partition coefficient (Wildman–Crippen LogP) is 2.94. The van der Waals surface area contributed by atoms with Crippen molar-refractivity contribution in [3.05, 3.63) is 40.2 Å². The van der Waals surface area contributed by atoms with Gasteiger partial charge in [-0.1, -0.05) is 11.6 Å². The molecule has 0 aliphatic carbocycles. The van der Waals surface area contributed by atoms with Crippen LogP contribution in [0.25, 0.3) is 0 Å². The van der Waals surface area contributed by atoms with Crippen LogP contribution in [0.1, 0.15) is 21.7 Å². The van der Waals surface area contributed by atoms with E-state index in [1.807, 2.05) is 0 Å². The zero-order chi connectivity index (χ0) is 14.0. The lowest BCUT2D eigenvalue weighted by molar-refractivity contribution is 0.102. The number of carbonyl (C=O) groups excluding carboxylic acids is 1. The summed E-state index contributed by atoms with van der Waals surface area (Å²) in [5.41, 5.74) is 2.55.